The molecule has 0 aliphatic carbocycles. The van der Waals surface area contributed by atoms with Crippen molar-refractivity contribution < 1.29 is 4.74 Å². The van der Waals surface area contributed by atoms with Crippen molar-refractivity contribution in [1.29, 1.82) is 0 Å². The molecule has 1 saturated heterocycles. The van der Waals surface area contributed by atoms with E-state index in [-0.39, 0.29) is 0 Å². The molecule has 6 nitrogen and oxygen atoms in total. The van der Waals surface area contributed by atoms with Gasteiger partial charge in [0.1, 0.15) is 0 Å². The van der Waals surface area contributed by atoms with Gasteiger partial charge in [0.25, 0.3) is 0 Å². The third-order valence-corrected chi connectivity index (χ3v) is 4.37. The molecule has 2 N–H and O–H groups in total. The Balaban J connectivity index is 2.06. The Hall–Kier alpha value is -0.850. The molecule has 0 saturated carbocycles. The zero-order chi connectivity index (χ0) is 17.5. The van der Waals surface area contributed by atoms with Crippen LogP contribution in [-0.2, 0) is 4.74 Å². The van der Waals surface area contributed by atoms with Gasteiger partial charge in [0.15, 0.2) is 5.96 Å². The highest BCUT2D eigenvalue weighted by Crippen LogP contribution is 2.02. The number of piperazine rings is 1. The van der Waals surface area contributed by atoms with Gasteiger partial charge in [-0.25, -0.2) is 0 Å². The lowest BCUT2D eigenvalue weighted by molar-refractivity contribution is 0.136. The summed E-state index contributed by atoms with van der Waals surface area (Å²) >= 11 is 0. The number of likely N-dealkylation sites (N-methyl/N-ethyl adjacent to an activating group) is 1. The molecule has 24 heavy (non-hydrogen) atoms. The van der Waals surface area contributed by atoms with E-state index in [2.05, 4.69) is 39.3 Å². The molecule has 0 bridgehead atoms. The highest BCUT2D eigenvalue weighted by atomic mass is 16.5. The van der Waals surface area contributed by atoms with Gasteiger partial charge in [-0.1, -0.05) is 6.92 Å². The van der Waals surface area contributed by atoms with Gasteiger partial charge < -0.3 is 25.2 Å². The number of hydrogen-bond donors (Lipinski definition) is 2. The van der Waals surface area contributed by atoms with Crippen molar-refractivity contribution in [3.63, 3.8) is 0 Å². The molecular formula is C18H39N5O. The molecule has 1 rings (SSSR count). The van der Waals surface area contributed by atoms with Crippen molar-refractivity contribution in [3.8, 4) is 0 Å². The summed E-state index contributed by atoms with van der Waals surface area (Å²) in [6.07, 6.45) is 3.42. The first-order chi connectivity index (χ1) is 11.8. The van der Waals surface area contributed by atoms with E-state index >= 15 is 0 Å². The smallest absolute Gasteiger partial charge is 0.191 e. The van der Waals surface area contributed by atoms with Crippen molar-refractivity contribution in [2.75, 3.05) is 72.1 Å². The average molecular weight is 342 g/mol. The van der Waals surface area contributed by atoms with Gasteiger partial charge in [-0.3, -0.25) is 4.99 Å². The van der Waals surface area contributed by atoms with E-state index in [1.807, 2.05) is 6.92 Å². The maximum Gasteiger partial charge on any atom is 0.191 e. The van der Waals surface area contributed by atoms with Crippen LogP contribution in [0, 0.1) is 0 Å². The number of nitrogens with zero attached hydrogens (tertiary/aromatic N) is 3. The van der Waals surface area contributed by atoms with Crippen molar-refractivity contribution in [2.24, 2.45) is 4.99 Å². The third kappa shape index (κ3) is 10.1. The van der Waals surface area contributed by atoms with Crippen LogP contribution in [0.3, 0.4) is 0 Å². The summed E-state index contributed by atoms with van der Waals surface area (Å²) in [5.74, 6) is 0.936. The number of guanidine groups is 1. The van der Waals surface area contributed by atoms with Gasteiger partial charge in [-0.15, -0.1) is 0 Å². The molecule has 0 aromatic heterocycles. The first-order valence-corrected chi connectivity index (χ1v) is 9.84. The summed E-state index contributed by atoms with van der Waals surface area (Å²) in [4.78, 5) is 9.72. The predicted octanol–water partition coefficient (Wildman–Crippen LogP) is 1.39. The molecular weight excluding hydrogens is 302 g/mol. The molecule has 0 aromatic rings. The van der Waals surface area contributed by atoms with Gasteiger partial charge in [0.05, 0.1) is 0 Å². The van der Waals surface area contributed by atoms with E-state index in [4.69, 9.17) is 4.74 Å². The van der Waals surface area contributed by atoms with E-state index in [9.17, 15) is 0 Å². The Morgan fingerprint density at radius 3 is 2.38 bits per heavy atom. The first kappa shape index (κ1) is 21.2. The van der Waals surface area contributed by atoms with Gasteiger partial charge in [-0.05, 0) is 46.2 Å². The standard InChI is InChI=1S/C18H39N5O/c1-4-19-18(21-11-9-17-24-6-3)20-10-7-8-12-23-15-13-22(5-2)14-16-23/h4-17H2,1-3H3,(H2,19,20,21). The zero-order valence-corrected chi connectivity index (χ0v) is 16.1. The van der Waals surface area contributed by atoms with Crippen molar-refractivity contribution in [2.45, 2.75) is 40.0 Å². The largest absolute Gasteiger partial charge is 0.382 e. The second-order valence-corrected chi connectivity index (χ2v) is 6.22. The molecule has 0 amide bonds. The molecule has 0 aromatic carbocycles. The third-order valence-electron chi connectivity index (χ3n) is 4.37. The highest BCUT2D eigenvalue weighted by Gasteiger charge is 2.14. The molecule has 142 valence electrons. The summed E-state index contributed by atoms with van der Waals surface area (Å²) in [7, 11) is 0. The SMILES string of the molecule is CCNC(=NCCCOCC)NCCCCN1CCN(CC)CC1. The topological polar surface area (TPSA) is 52.1 Å². The fraction of sp³-hybridized carbons (Fsp3) is 0.944. The number of rotatable bonds is 12. The Kier molecular flexibility index (Phi) is 12.8. The Morgan fingerprint density at radius 2 is 1.71 bits per heavy atom. The lowest BCUT2D eigenvalue weighted by Gasteiger charge is -2.34. The van der Waals surface area contributed by atoms with Crippen molar-refractivity contribution >= 4 is 5.96 Å². The van der Waals surface area contributed by atoms with Gasteiger partial charge in [-0.2, -0.15) is 0 Å². The van der Waals surface area contributed by atoms with Crippen LogP contribution in [0.15, 0.2) is 4.99 Å². The fourth-order valence-corrected chi connectivity index (χ4v) is 2.84. The monoisotopic (exact) mass is 341 g/mol. The fourth-order valence-electron chi connectivity index (χ4n) is 2.84. The lowest BCUT2D eigenvalue weighted by atomic mass is 10.2. The summed E-state index contributed by atoms with van der Waals surface area (Å²) in [6, 6.07) is 0. The van der Waals surface area contributed by atoms with Crippen LogP contribution in [0.4, 0.5) is 0 Å². The second-order valence-electron chi connectivity index (χ2n) is 6.22. The summed E-state index contributed by atoms with van der Waals surface area (Å²) in [5, 5.41) is 6.74. The van der Waals surface area contributed by atoms with Crippen LogP contribution in [0.5, 0.6) is 0 Å². The molecule has 0 atom stereocenters. The predicted molar refractivity (Wildman–Crippen MR) is 103 cm³/mol. The first-order valence-electron chi connectivity index (χ1n) is 9.84. The molecule has 1 fully saturated rings. The zero-order valence-electron chi connectivity index (χ0n) is 16.1. The number of unbranched alkanes of at least 4 members (excludes halogenated alkanes) is 1. The maximum atomic E-state index is 5.34. The van der Waals surface area contributed by atoms with E-state index in [0.29, 0.717) is 0 Å². The van der Waals surface area contributed by atoms with Crippen molar-refractivity contribution in [3.05, 3.63) is 0 Å². The van der Waals surface area contributed by atoms with Crippen LogP contribution < -0.4 is 10.6 Å². The molecule has 6 heteroatoms. The summed E-state index contributed by atoms with van der Waals surface area (Å²) < 4.78 is 5.34. The van der Waals surface area contributed by atoms with Gasteiger partial charge in [0.2, 0.25) is 0 Å². The number of hydrogen-bond acceptors (Lipinski definition) is 4. The molecule has 1 aliphatic rings. The van der Waals surface area contributed by atoms with Crippen LogP contribution in [0.1, 0.15) is 40.0 Å². The van der Waals surface area contributed by atoms with E-state index < -0.39 is 0 Å². The minimum Gasteiger partial charge on any atom is -0.382 e. The maximum absolute atomic E-state index is 5.34. The molecule has 0 unspecified atom stereocenters. The normalized spacial score (nSPS) is 17.2. The van der Waals surface area contributed by atoms with Crippen molar-refractivity contribution in [1.82, 2.24) is 20.4 Å². The van der Waals surface area contributed by atoms with Gasteiger partial charge >= 0.3 is 0 Å². The van der Waals surface area contributed by atoms with Crippen LogP contribution in [-0.4, -0.2) is 87.9 Å². The highest BCUT2D eigenvalue weighted by molar-refractivity contribution is 5.79. The molecule has 1 aliphatic heterocycles. The molecule has 1 heterocycles. The van der Waals surface area contributed by atoms with E-state index in [1.54, 1.807) is 0 Å². The van der Waals surface area contributed by atoms with Crippen LogP contribution in [0.25, 0.3) is 0 Å². The number of aliphatic imine (C=N–C) groups is 1. The Bertz CT molecular complexity index is 317. The molecule has 0 spiro atoms. The quantitative estimate of drug-likeness (QED) is 0.319. The molecule has 0 radical (unpaired) electrons. The summed E-state index contributed by atoms with van der Waals surface area (Å²) in [6.45, 7) is 18.0. The van der Waals surface area contributed by atoms with E-state index in [0.717, 1.165) is 45.2 Å². The number of ether oxygens (including phenoxy) is 1. The van der Waals surface area contributed by atoms with Crippen LogP contribution in [0.2, 0.25) is 0 Å². The Morgan fingerprint density at radius 1 is 0.958 bits per heavy atom. The lowest BCUT2D eigenvalue weighted by Crippen LogP contribution is -2.46. The number of nitrogens with one attached hydrogen (secondary N) is 2. The van der Waals surface area contributed by atoms with E-state index in [1.165, 1.54) is 52.1 Å². The van der Waals surface area contributed by atoms with Crippen LogP contribution >= 0.6 is 0 Å². The summed E-state index contributed by atoms with van der Waals surface area (Å²) in [5.41, 5.74) is 0. The van der Waals surface area contributed by atoms with Gasteiger partial charge in [0, 0.05) is 59.0 Å². The minimum absolute atomic E-state index is 0.787. The second kappa shape index (κ2) is 14.5. The Labute approximate surface area is 149 Å². The average Bonchev–Trinajstić information content (AvgIpc) is 2.61. The minimum atomic E-state index is 0.787.